The lowest BCUT2D eigenvalue weighted by molar-refractivity contribution is -0.152. The van der Waals surface area contributed by atoms with E-state index in [1.54, 1.807) is 0 Å². The van der Waals surface area contributed by atoms with Gasteiger partial charge < -0.3 is 5.11 Å². The zero-order valence-corrected chi connectivity index (χ0v) is 10.5. The van der Waals surface area contributed by atoms with Crippen molar-refractivity contribution in [3.63, 3.8) is 0 Å². The van der Waals surface area contributed by atoms with Crippen molar-refractivity contribution in [2.75, 3.05) is 13.1 Å². The maximum Gasteiger partial charge on any atom is 0.324 e. The topological polar surface area (TPSA) is 40.5 Å². The third-order valence-corrected chi connectivity index (χ3v) is 3.30. The first-order valence-electron chi connectivity index (χ1n) is 6.07. The molecule has 0 spiro atoms. The molecular formula is C12H25NO2. The molecule has 90 valence electrons. The van der Waals surface area contributed by atoms with Gasteiger partial charge in [-0.25, -0.2) is 0 Å². The lowest BCUT2D eigenvalue weighted by atomic mass is 9.87. The monoisotopic (exact) mass is 215 g/mol. The van der Waals surface area contributed by atoms with Crippen molar-refractivity contribution in [2.24, 2.45) is 0 Å². The summed E-state index contributed by atoms with van der Waals surface area (Å²) in [6.45, 7) is 9.75. The van der Waals surface area contributed by atoms with Crippen LogP contribution < -0.4 is 0 Å². The molecular weight excluding hydrogens is 190 g/mol. The van der Waals surface area contributed by atoms with Gasteiger partial charge in [-0.1, -0.05) is 40.5 Å². The Morgan fingerprint density at radius 1 is 1.20 bits per heavy atom. The highest BCUT2D eigenvalue weighted by Gasteiger charge is 2.40. The predicted octanol–water partition coefficient (Wildman–Crippen LogP) is 2.75. The van der Waals surface area contributed by atoms with Crippen LogP contribution in [0.3, 0.4) is 0 Å². The number of nitrogens with zero attached hydrogens (tertiary/aromatic N) is 1. The van der Waals surface area contributed by atoms with Crippen molar-refractivity contribution >= 4 is 5.97 Å². The van der Waals surface area contributed by atoms with Gasteiger partial charge in [0, 0.05) is 0 Å². The molecule has 1 unspecified atom stereocenters. The largest absolute Gasteiger partial charge is 0.480 e. The van der Waals surface area contributed by atoms with E-state index in [2.05, 4.69) is 11.8 Å². The summed E-state index contributed by atoms with van der Waals surface area (Å²) in [7, 11) is 0. The smallest absolute Gasteiger partial charge is 0.324 e. The molecule has 0 rings (SSSR count). The number of rotatable bonds is 8. The van der Waals surface area contributed by atoms with Crippen molar-refractivity contribution in [1.82, 2.24) is 4.90 Å². The molecule has 0 saturated heterocycles. The number of aliphatic carboxylic acids is 1. The van der Waals surface area contributed by atoms with Crippen LogP contribution in [-0.4, -0.2) is 34.6 Å². The fourth-order valence-electron chi connectivity index (χ4n) is 2.25. The van der Waals surface area contributed by atoms with E-state index >= 15 is 0 Å². The first-order valence-corrected chi connectivity index (χ1v) is 6.07. The van der Waals surface area contributed by atoms with E-state index in [9.17, 15) is 9.90 Å². The van der Waals surface area contributed by atoms with Gasteiger partial charge in [-0.2, -0.15) is 0 Å². The molecule has 0 aliphatic rings. The minimum Gasteiger partial charge on any atom is -0.480 e. The third kappa shape index (κ3) is 3.20. The molecule has 0 fully saturated rings. The zero-order chi connectivity index (χ0) is 11.9. The number of carboxylic acids is 1. The van der Waals surface area contributed by atoms with Crippen molar-refractivity contribution < 1.29 is 9.90 Å². The fourth-order valence-corrected chi connectivity index (χ4v) is 2.25. The zero-order valence-electron chi connectivity index (χ0n) is 10.5. The second-order valence-corrected chi connectivity index (χ2v) is 3.97. The summed E-state index contributed by atoms with van der Waals surface area (Å²) in [4.78, 5) is 13.6. The molecule has 3 nitrogen and oxygen atoms in total. The Bertz CT molecular complexity index is 190. The molecule has 0 heterocycles. The van der Waals surface area contributed by atoms with E-state index in [0.29, 0.717) is 6.42 Å². The van der Waals surface area contributed by atoms with Crippen LogP contribution in [0.4, 0.5) is 0 Å². The maximum atomic E-state index is 11.5. The summed E-state index contributed by atoms with van der Waals surface area (Å²) in [6.07, 6.45) is 3.48. The van der Waals surface area contributed by atoms with E-state index in [4.69, 9.17) is 0 Å². The van der Waals surface area contributed by atoms with Crippen molar-refractivity contribution in [2.45, 2.75) is 58.9 Å². The standard InChI is InChI=1S/C12H25NO2/c1-5-9-10-12(6-2,11(14)15)13(7-3)8-4/h5-10H2,1-4H3,(H,14,15). The second-order valence-electron chi connectivity index (χ2n) is 3.97. The maximum absolute atomic E-state index is 11.5. The Labute approximate surface area is 93.5 Å². The first-order chi connectivity index (χ1) is 7.08. The summed E-state index contributed by atoms with van der Waals surface area (Å²) in [6, 6.07) is 0. The quantitative estimate of drug-likeness (QED) is 0.677. The van der Waals surface area contributed by atoms with Crippen LogP contribution in [0.5, 0.6) is 0 Å². The Hall–Kier alpha value is -0.570. The third-order valence-electron chi connectivity index (χ3n) is 3.30. The average molecular weight is 215 g/mol. The Morgan fingerprint density at radius 2 is 1.73 bits per heavy atom. The molecule has 0 amide bonds. The number of hydrogen-bond donors (Lipinski definition) is 1. The summed E-state index contributed by atoms with van der Waals surface area (Å²) >= 11 is 0. The molecule has 0 saturated carbocycles. The van der Waals surface area contributed by atoms with Gasteiger partial charge in [0.1, 0.15) is 5.54 Å². The van der Waals surface area contributed by atoms with Gasteiger partial charge in [0.15, 0.2) is 0 Å². The molecule has 0 aromatic heterocycles. The Balaban J connectivity index is 4.85. The van der Waals surface area contributed by atoms with E-state index < -0.39 is 11.5 Å². The van der Waals surface area contributed by atoms with E-state index in [0.717, 1.165) is 32.4 Å². The van der Waals surface area contributed by atoms with Gasteiger partial charge in [-0.15, -0.1) is 0 Å². The molecule has 3 heteroatoms. The highest BCUT2D eigenvalue weighted by molar-refractivity contribution is 5.78. The second kappa shape index (κ2) is 6.83. The number of unbranched alkanes of at least 4 members (excludes halogenated alkanes) is 1. The molecule has 0 radical (unpaired) electrons. The summed E-state index contributed by atoms with van der Waals surface area (Å²) in [5, 5.41) is 9.44. The molecule has 0 aliphatic carbocycles. The SMILES string of the molecule is CCCCC(CC)(C(=O)O)N(CC)CC. The van der Waals surface area contributed by atoms with Crippen molar-refractivity contribution in [1.29, 1.82) is 0 Å². The molecule has 15 heavy (non-hydrogen) atoms. The Kier molecular flexibility index (Phi) is 6.57. The molecule has 0 aliphatic heterocycles. The van der Waals surface area contributed by atoms with Crippen molar-refractivity contribution in [3.8, 4) is 0 Å². The van der Waals surface area contributed by atoms with Gasteiger partial charge >= 0.3 is 5.97 Å². The first kappa shape index (κ1) is 14.4. The van der Waals surface area contributed by atoms with Crippen LogP contribution in [0, 0.1) is 0 Å². The Morgan fingerprint density at radius 3 is 2.00 bits per heavy atom. The number of carboxylic acid groups (broad SMARTS) is 1. The summed E-state index contributed by atoms with van der Waals surface area (Å²) in [5.41, 5.74) is -0.639. The van der Waals surface area contributed by atoms with Crippen LogP contribution in [0.2, 0.25) is 0 Å². The minimum atomic E-state index is -0.665. The van der Waals surface area contributed by atoms with Gasteiger partial charge in [0.25, 0.3) is 0 Å². The molecule has 1 atom stereocenters. The van der Waals surface area contributed by atoms with Crippen LogP contribution in [0.15, 0.2) is 0 Å². The highest BCUT2D eigenvalue weighted by Crippen LogP contribution is 2.26. The predicted molar refractivity (Wildman–Crippen MR) is 63.1 cm³/mol. The summed E-state index contributed by atoms with van der Waals surface area (Å²) < 4.78 is 0. The van der Waals surface area contributed by atoms with Gasteiger partial charge in [-0.05, 0) is 25.9 Å². The average Bonchev–Trinajstić information content (AvgIpc) is 2.24. The normalized spacial score (nSPS) is 15.3. The van der Waals surface area contributed by atoms with Crippen LogP contribution in [0.1, 0.15) is 53.4 Å². The number of carbonyl (C=O) groups is 1. The van der Waals surface area contributed by atoms with Gasteiger partial charge in [-0.3, -0.25) is 9.69 Å². The number of hydrogen-bond acceptors (Lipinski definition) is 2. The van der Waals surface area contributed by atoms with Crippen LogP contribution in [-0.2, 0) is 4.79 Å². The van der Waals surface area contributed by atoms with E-state index in [1.807, 2.05) is 20.8 Å². The molecule has 0 aromatic carbocycles. The summed E-state index contributed by atoms with van der Waals surface area (Å²) in [5.74, 6) is -0.665. The lowest BCUT2D eigenvalue weighted by Gasteiger charge is -2.39. The fraction of sp³-hybridized carbons (Fsp3) is 0.917. The molecule has 0 aromatic rings. The van der Waals surface area contributed by atoms with E-state index in [-0.39, 0.29) is 0 Å². The van der Waals surface area contributed by atoms with Crippen molar-refractivity contribution in [3.05, 3.63) is 0 Å². The highest BCUT2D eigenvalue weighted by atomic mass is 16.4. The van der Waals surface area contributed by atoms with Gasteiger partial charge in [0.2, 0.25) is 0 Å². The van der Waals surface area contributed by atoms with E-state index in [1.165, 1.54) is 0 Å². The van der Waals surface area contributed by atoms with Crippen LogP contribution in [0.25, 0.3) is 0 Å². The molecule has 0 bridgehead atoms. The van der Waals surface area contributed by atoms with Gasteiger partial charge in [0.05, 0.1) is 0 Å². The minimum absolute atomic E-state index is 0.639. The lowest BCUT2D eigenvalue weighted by Crippen LogP contribution is -2.54. The molecule has 1 N–H and O–H groups in total. The van der Waals surface area contributed by atoms with Crippen LogP contribution >= 0.6 is 0 Å². The number of likely N-dealkylation sites (N-methyl/N-ethyl adjacent to an activating group) is 1.